The van der Waals surface area contributed by atoms with Crippen LogP contribution in [0.2, 0.25) is 0 Å². The number of aliphatic hydroxyl groups excluding tert-OH is 1. The molecule has 0 aromatic heterocycles. The highest BCUT2D eigenvalue weighted by atomic mass is 19.1. The lowest BCUT2D eigenvalue weighted by atomic mass is 9.70. The normalized spacial score (nSPS) is 27.1. The van der Waals surface area contributed by atoms with E-state index in [-0.39, 0.29) is 23.4 Å². The van der Waals surface area contributed by atoms with Crippen molar-refractivity contribution in [2.75, 3.05) is 7.05 Å². The molecular formula is C18H28FNO. The summed E-state index contributed by atoms with van der Waals surface area (Å²) in [6, 6.07) is 7.01. The molecule has 0 heterocycles. The Morgan fingerprint density at radius 3 is 2.52 bits per heavy atom. The molecule has 1 N–H and O–H groups in total. The van der Waals surface area contributed by atoms with Gasteiger partial charge in [0.15, 0.2) is 0 Å². The fourth-order valence-corrected chi connectivity index (χ4v) is 3.40. The third-order valence-corrected chi connectivity index (χ3v) is 4.95. The highest BCUT2D eigenvalue weighted by Crippen LogP contribution is 2.39. The fourth-order valence-electron chi connectivity index (χ4n) is 3.40. The van der Waals surface area contributed by atoms with Crippen LogP contribution in [0.1, 0.15) is 45.6 Å². The summed E-state index contributed by atoms with van der Waals surface area (Å²) in [6.45, 7) is 7.35. The molecule has 1 aliphatic carbocycles. The molecular weight excluding hydrogens is 265 g/mol. The lowest BCUT2D eigenvalue weighted by molar-refractivity contribution is -0.0106. The Kier molecular flexibility index (Phi) is 5.05. The van der Waals surface area contributed by atoms with Crippen molar-refractivity contribution in [3.05, 3.63) is 35.6 Å². The first kappa shape index (κ1) is 16.4. The fraction of sp³-hybridized carbons (Fsp3) is 0.667. The summed E-state index contributed by atoms with van der Waals surface area (Å²) in [7, 11) is 1.99. The zero-order valence-electron chi connectivity index (χ0n) is 13.6. The van der Waals surface area contributed by atoms with Crippen molar-refractivity contribution in [3.63, 3.8) is 0 Å². The predicted molar refractivity (Wildman–Crippen MR) is 84.5 cm³/mol. The molecule has 1 aliphatic rings. The molecule has 21 heavy (non-hydrogen) atoms. The summed E-state index contributed by atoms with van der Waals surface area (Å²) in [5.74, 6) is 0.441. The van der Waals surface area contributed by atoms with Crippen molar-refractivity contribution < 1.29 is 9.50 Å². The van der Waals surface area contributed by atoms with Gasteiger partial charge in [-0.05, 0) is 43.7 Å². The molecule has 0 spiro atoms. The molecule has 0 radical (unpaired) electrons. The Bertz CT molecular complexity index is 469. The van der Waals surface area contributed by atoms with Crippen molar-refractivity contribution in [1.29, 1.82) is 0 Å². The monoisotopic (exact) mass is 293 g/mol. The van der Waals surface area contributed by atoms with Crippen LogP contribution in [-0.2, 0) is 6.54 Å². The number of halogens is 1. The van der Waals surface area contributed by atoms with Crippen LogP contribution in [0.5, 0.6) is 0 Å². The van der Waals surface area contributed by atoms with Gasteiger partial charge in [0.2, 0.25) is 0 Å². The number of likely N-dealkylation sites (N-methyl/N-ethyl adjacent to an activating group) is 1. The van der Waals surface area contributed by atoms with Crippen molar-refractivity contribution in [1.82, 2.24) is 4.90 Å². The highest BCUT2D eigenvalue weighted by molar-refractivity contribution is 5.17. The molecule has 0 amide bonds. The minimum absolute atomic E-state index is 0.114. The lowest BCUT2D eigenvalue weighted by Gasteiger charge is -2.43. The molecule has 3 atom stereocenters. The standard InChI is InChI=1S/C18H28FNO/c1-18(2,3)14-9-10-17(21)16(11-14)20(4)12-13-7-5-6-8-15(13)19/h5-8,14,16-17,21H,9-12H2,1-4H3. The Labute approximate surface area is 128 Å². The molecule has 0 saturated heterocycles. The van der Waals surface area contributed by atoms with Gasteiger partial charge in [0.1, 0.15) is 5.82 Å². The summed E-state index contributed by atoms with van der Waals surface area (Å²) in [5, 5.41) is 10.3. The maximum atomic E-state index is 13.8. The van der Waals surface area contributed by atoms with E-state index in [1.807, 2.05) is 19.2 Å². The topological polar surface area (TPSA) is 23.5 Å². The lowest BCUT2D eigenvalue weighted by Crippen LogP contribution is -2.47. The number of rotatable bonds is 3. The van der Waals surface area contributed by atoms with Crippen LogP contribution < -0.4 is 0 Å². The summed E-state index contributed by atoms with van der Waals surface area (Å²) >= 11 is 0. The highest BCUT2D eigenvalue weighted by Gasteiger charge is 2.36. The largest absolute Gasteiger partial charge is 0.391 e. The molecule has 118 valence electrons. The second kappa shape index (κ2) is 6.45. The molecule has 1 aromatic rings. The van der Waals surface area contributed by atoms with Gasteiger partial charge >= 0.3 is 0 Å². The van der Waals surface area contributed by atoms with Gasteiger partial charge in [0.05, 0.1) is 6.10 Å². The summed E-state index contributed by atoms with van der Waals surface area (Å²) in [4.78, 5) is 2.11. The first-order valence-electron chi connectivity index (χ1n) is 7.90. The van der Waals surface area contributed by atoms with Crippen molar-refractivity contribution in [2.24, 2.45) is 11.3 Å². The maximum Gasteiger partial charge on any atom is 0.127 e. The van der Waals surface area contributed by atoms with Gasteiger partial charge in [0, 0.05) is 18.2 Å². The average molecular weight is 293 g/mol. The zero-order valence-corrected chi connectivity index (χ0v) is 13.6. The second-order valence-corrected chi connectivity index (χ2v) is 7.52. The van der Waals surface area contributed by atoms with Crippen LogP contribution in [0.3, 0.4) is 0 Å². The Hall–Kier alpha value is -0.930. The Morgan fingerprint density at radius 2 is 1.90 bits per heavy atom. The maximum absolute atomic E-state index is 13.8. The van der Waals surface area contributed by atoms with Crippen LogP contribution in [0.15, 0.2) is 24.3 Å². The molecule has 2 rings (SSSR count). The number of aliphatic hydroxyl groups is 1. The van der Waals surface area contributed by atoms with Crippen molar-refractivity contribution in [3.8, 4) is 0 Å². The molecule has 2 nitrogen and oxygen atoms in total. The van der Waals surface area contributed by atoms with Crippen LogP contribution in [-0.4, -0.2) is 29.2 Å². The quantitative estimate of drug-likeness (QED) is 0.915. The molecule has 0 aliphatic heterocycles. The average Bonchev–Trinajstić information content (AvgIpc) is 2.40. The van der Waals surface area contributed by atoms with Crippen LogP contribution in [0, 0.1) is 17.2 Å². The predicted octanol–water partition coefficient (Wildman–Crippen LogP) is 3.83. The van der Waals surface area contributed by atoms with Crippen LogP contribution >= 0.6 is 0 Å². The van der Waals surface area contributed by atoms with E-state index in [4.69, 9.17) is 0 Å². The van der Waals surface area contributed by atoms with E-state index in [0.29, 0.717) is 18.0 Å². The minimum atomic E-state index is -0.305. The van der Waals surface area contributed by atoms with E-state index in [1.54, 1.807) is 6.07 Å². The van der Waals surface area contributed by atoms with Gasteiger partial charge in [-0.25, -0.2) is 4.39 Å². The van der Waals surface area contributed by atoms with Gasteiger partial charge in [-0.3, -0.25) is 4.90 Å². The van der Waals surface area contributed by atoms with Gasteiger partial charge in [-0.15, -0.1) is 0 Å². The zero-order chi connectivity index (χ0) is 15.6. The van der Waals surface area contributed by atoms with Gasteiger partial charge < -0.3 is 5.11 Å². The molecule has 0 bridgehead atoms. The third kappa shape index (κ3) is 4.04. The van der Waals surface area contributed by atoms with E-state index >= 15 is 0 Å². The SMILES string of the molecule is CN(Cc1ccccc1F)C1CC(C(C)(C)C)CCC1O. The number of hydrogen-bond donors (Lipinski definition) is 1. The number of benzene rings is 1. The first-order chi connectivity index (χ1) is 9.79. The Morgan fingerprint density at radius 1 is 1.24 bits per heavy atom. The second-order valence-electron chi connectivity index (χ2n) is 7.52. The summed E-state index contributed by atoms with van der Waals surface area (Å²) in [6.07, 6.45) is 2.60. The number of hydrogen-bond acceptors (Lipinski definition) is 2. The van der Waals surface area contributed by atoms with Gasteiger partial charge in [0.25, 0.3) is 0 Å². The number of nitrogens with zero attached hydrogens (tertiary/aromatic N) is 1. The smallest absolute Gasteiger partial charge is 0.127 e. The van der Waals surface area contributed by atoms with Crippen LogP contribution in [0.4, 0.5) is 4.39 Å². The first-order valence-corrected chi connectivity index (χ1v) is 7.90. The van der Waals surface area contributed by atoms with Gasteiger partial charge in [-0.2, -0.15) is 0 Å². The van der Waals surface area contributed by atoms with E-state index < -0.39 is 0 Å². The van der Waals surface area contributed by atoms with E-state index in [1.165, 1.54) is 6.07 Å². The molecule has 1 saturated carbocycles. The molecule has 1 aromatic carbocycles. The molecule has 1 fully saturated rings. The molecule has 3 unspecified atom stereocenters. The van der Waals surface area contributed by atoms with E-state index in [2.05, 4.69) is 25.7 Å². The minimum Gasteiger partial charge on any atom is -0.391 e. The van der Waals surface area contributed by atoms with E-state index in [9.17, 15) is 9.50 Å². The Balaban J connectivity index is 2.06. The molecule has 3 heteroatoms. The van der Waals surface area contributed by atoms with Crippen molar-refractivity contribution in [2.45, 2.75) is 58.7 Å². The van der Waals surface area contributed by atoms with E-state index in [0.717, 1.165) is 19.3 Å². The van der Waals surface area contributed by atoms with Gasteiger partial charge in [-0.1, -0.05) is 39.0 Å². The summed E-state index contributed by atoms with van der Waals surface area (Å²) < 4.78 is 13.8. The van der Waals surface area contributed by atoms with Crippen LogP contribution in [0.25, 0.3) is 0 Å². The third-order valence-electron chi connectivity index (χ3n) is 4.95. The summed E-state index contributed by atoms with van der Waals surface area (Å²) in [5.41, 5.74) is 0.960. The van der Waals surface area contributed by atoms with Crippen molar-refractivity contribution >= 4 is 0 Å².